The van der Waals surface area contributed by atoms with Gasteiger partial charge in [-0.25, -0.2) is 4.98 Å². The molecule has 2 heterocycles. The molecule has 23 heavy (non-hydrogen) atoms. The van der Waals surface area contributed by atoms with Gasteiger partial charge in [0.25, 0.3) is 0 Å². The van der Waals surface area contributed by atoms with Gasteiger partial charge in [0, 0.05) is 24.2 Å². The van der Waals surface area contributed by atoms with E-state index in [-0.39, 0.29) is 5.91 Å². The normalized spacial score (nSPS) is 13.7. The van der Waals surface area contributed by atoms with Crippen LogP contribution in [0.3, 0.4) is 0 Å². The predicted octanol–water partition coefficient (Wildman–Crippen LogP) is 3.37. The summed E-state index contributed by atoms with van der Waals surface area (Å²) in [5.74, 6) is 1.10. The number of benzene rings is 1. The van der Waals surface area contributed by atoms with Crippen LogP contribution in [0.4, 0.5) is 0 Å². The molecule has 0 fully saturated rings. The molecule has 0 saturated carbocycles. The average Bonchev–Trinajstić information content (AvgIpc) is 2.97. The van der Waals surface area contributed by atoms with Crippen molar-refractivity contribution >= 4 is 17.2 Å². The molecule has 5 heteroatoms. The summed E-state index contributed by atoms with van der Waals surface area (Å²) in [5.41, 5.74) is 2.52. The smallest absolute Gasteiger partial charge is 0.229 e. The molecule has 0 spiro atoms. The van der Waals surface area contributed by atoms with Gasteiger partial charge in [-0.05, 0) is 43.0 Å². The second-order valence-corrected chi connectivity index (χ2v) is 7.21. The summed E-state index contributed by atoms with van der Waals surface area (Å²) >= 11 is 1.60. The molecule has 1 aliphatic heterocycles. The van der Waals surface area contributed by atoms with Crippen LogP contribution in [0.1, 0.15) is 34.4 Å². The molecule has 122 valence electrons. The zero-order valence-corrected chi connectivity index (χ0v) is 14.5. The number of carbonyl (C=O) groups is 1. The van der Waals surface area contributed by atoms with Crippen LogP contribution in [-0.2, 0) is 24.2 Å². The highest BCUT2D eigenvalue weighted by molar-refractivity contribution is 7.11. The van der Waals surface area contributed by atoms with Crippen molar-refractivity contribution in [1.29, 1.82) is 0 Å². The second-order valence-electron chi connectivity index (χ2n) is 5.89. The fourth-order valence-corrected chi connectivity index (χ4v) is 3.55. The first-order valence-electron chi connectivity index (χ1n) is 8.09. The quantitative estimate of drug-likeness (QED) is 0.844. The van der Waals surface area contributed by atoms with Crippen LogP contribution < -0.4 is 4.74 Å². The average molecular weight is 330 g/mol. The van der Waals surface area contributed by atoms with E-state index in [2.05, 4.69) is 24.0 Å². The van der Waals surface area contributed by atoms with Gasteiger partial charge in [-0.15, -0.1) is 11.3 Å². The summed E-state index contributed by atoms with van der Waals surface area (Å²) in [7, 11) is 0. The number of hydrogen-bond acceptors (Lipinski definition) is 4. The molecule has 1 aromatic heterocycles. The molecule has 0 radical (unpaired) electrons. The largest absolute Gasteiger partial charge is 0.494 e. The summed E-state index contributed by atoms with van der Waals surface area (Å²) in [5, 5.41) is 0.904. The SMILES string of the molecule is CCCOc1ccc2c(c1)CCN(C(=O)Cc1ncc(C)s1)C2. The van der Waals surface area contributed by atoms with Crippen molar-refractivity contribution in [2.75, 3.05) is 13.2 Å². The Kier molecular flexibility index (Phi) is 4.96. The predicted molar refractivity (Wildman–Crippen MR) is 91.9 cm³/mol. The number of thiazole rings is 1. The maximum Gasteiger partial charge on any atom is 0.229 e. The molecule has 3 rings (SSSR count). The van der Waals surface area contributed by atoms with Gasteiger partial charge in [0.05, 0.1) is 13.0 Å². The van der Waals surface area contributed by atoms with E-state index >= 15 is 0 Å². The summed E-state index contributed by atoms with van der Waals surface area (Å²) in [6.45, 7) is 6.32. The lowest BCUT2D eigenvalue weighted by Crippen LogP contribution is -2.36. The molecule has 0 aliphatic carbocycles. The van der Waals surface area contributed by atoms with Gasteiger partial charge in [-0.2, -0.15) is 0 Å². The Bertz CT molecular complexity index is 696. The van der Waals surface area contributed by atoms with Gasteiger partial charge < -0.3 is 9.64 Å². The molecular weight excluding hydrogens is 308 g/mol. The van der Waals surface area contributed by atoms with Crippen molar-refractivity contribution in [2.24, 2.45) is 0 Å². The molecule has 0 bridgehead atoms. The molecular formula is C18H22N2O2S. The van der Waals surface area contributed by atoms with E-state index in [1.807, 2.05) is 24.1 Å². The fraction of sp³-hybridized carbons (Fsp3) is 0.444. The lowest BCUT2D eigenvalue weighted by atomic mass is 9.99. The number of nitrogens with zero attached hydrogens (tertiary/aromatic N) is 2. The molecule has 0 unspecified atom stereocenters. The van der Waals surface area contributed by atoms with Crippen molar-refractivity contribution in [3.05, 3.63) is 45.4 Å². The molecule has 4 nitrogen and oxygen atoms in total. The topological polar surface area (TPSA) is 42.4 Å². The maximum atomic E-state index is 12.5. The number of aromatic nitrogens is 1. The van der Waals surface area contributed by atoms with E-state index in [0.717, 1.165) is 41.6 Å². The van der Waals surface area contributed by atoms with Crippen LogP contribution in [0.2, 0.25) is 0 Å². The van der Waals surface area contributed by atoms with Crippen molar-refractivity contribution in [3.63, 3.8) is 0 Å². The minimum Gasteiger partial charge on any atom is -0.494 e. The third-order valence-corrected chi connectivity index (χ3v) is 4.90. The molecule has 0 N–H and O–H groups in total. The monoisotopic (exact) mass is 330 g/mol. The minimum atomic E-state index is 0.163. The van der Waals surface area contributed by atoms with Crippen LogP contribution in [0, 0.1) is 6.92 Å². The summed E-state index contributed by atoms with van der Waals surface area (Å²) in [6.07, 6.45) is 4.14. The van der Waals surface area contributed by atoms with Gasteiger partial charge in [0.15, 0.2) is 0 Å². The number of ether oxygens (including phenoxy) is 1. The maximum absolute atomic E-state index is 12.5. The molecule has 0 saturated heterocycles. The zero-order valence-electron chi connectivity index (χ0n) is 13.7. The lowest BCUT2D eigenvalue weighted by Gasteiger charge is -2.29. The number of fused-ring (bicyclic) bond motifs is 1. The Labute approximate surface area is 141 Å². The van der Waals surface area contributed by atoms with Crippen molar-refractivity contribution < 1.29 is 9.53 Å². The van der Waals surface area contributed by atoms with E-state index in [1.165, 1.54) is 11.1 Å². The Morgan fingerprint density at radius 3 is 3.00 bits per heavy atom. The molecule has 1 aliphatic rings. The molecule has 2 aromatic rings. The zero-order chi connectivity index (χ0) is 16.2. The number of rotatable bonds is 5. The van der Waals surface area contributed by atoms with Gasteiger partial charge in [0.1, 0.15) is 10.8 Å². The Morgan fingerprint density at radius 2 is 2.26 bits per heavy atom. The Morgan fingerprint density at radius 1 is 1.39 bits per heavy atom. The van der Waals surface area contributed by atoms with Crippen LogP contribution in [0.15, 0.2) is 24.4 Å². The number of aryl methyl sites for hydroxylation is 1. The van der Waals surface area contributed by atoms with Gasteiger partial charge in [-0.3, -0.25) is 4.79 Å². The van der Waals surface area contributed by atoms with Crippen molar-refractivity contribution in [3.8, 4) is 5.75 Å². The highest BCUT2D eigenvalue weighted by atomic mass is 32.1. The third-order valence-electron chi connectivity index (χ3n) is 3.99. The first-order valence-corrected chi connectivity index (χ1v) is 8.91. The van der Waals surface area contributed by atoms with Gasteiger partial charge in [-0.1, -0.05) is 13.0 Å². The molecule has 1 amide bonds. The first kappa shape index (κ1) is 16.0. The summed E-state index contributed by atoms with van der Waals surface area (Å²) in [4.78, 5) is 19.8. The number of hydrogen-bond donors (Lipinski definition) is 0. The van der Waals surface area contributed by atoms with Gasteiger partial charge in [0.2, 0.25) is 5.91 Å². The van der Waals surface area contributed by atoms with Crippen LogP contribution in [-0.4, -0.2) is 28.9 Å². The van der Waals surface area contributed by atoms with E-state index in [1.54, 1.807) is 11.3 Å². The van der Waals surface area contributed by atoms with Crippen molar-refractivity contribution in [1.82, 2.24) is 9.88 Å². The van der Waals surface area contributed by atoms with Crippen LogP contribution in [0.25, 0.3) is 0 Å². The van der Waals surface area contributed by atoms with Crippen LogP contribution >= 0.6 is 11.3 Å². The Balaban J connectivity index is 1.64. The highest BCUT2D eigenvalue weighted by Crippen LogP contribution is 2.24. The summed E-state index contributed by atoms with van der Waals surface area (Å²) < 4.78 is 5.69. The third kappa shape index (κ3) is 3.91. The number of amides is 1. The van der Waals surface area contributed by atoms with Crippen LogP contribution in [0.5, 0.6) is 5.75 Å². The fourth-order valence-electron chi connectivity index (χ4n) is 2.78. The Hall–Kier alpha value is -1.88. The number of carbonyl (C=O) groups excluding carboxylic acids is 1. The highest BCUT2D eigenvalue weighted by Gasteiger charge is 2.22. The van der Waals surface area contributed by atoms with Crippen molar-refractivity contribution in [2.45, 2.75) is 39.7 Å². The van der Waals surface area contributed by atoms with Gasteiger partial charge >= 0.3 is 0 Å². The van der Waals surface area contributed by atoms with E-state index in [9.17, 15) is 4.79 Å². The standard InChI is InChI=1S/C18H22N2O2S/c1-3-8-22-16-5-4-15-12-20(7-6-14(15)9-16)18(21)10-17-19-11-13(2)23-17/h4-5,9,11H,3,6-8,10,12H2,1-2H3. The minimum absolute atomic E-state index is 0.163. The summed E-state index contributed by atoms with van der Waals surface area (Å²) in [6, 6.07) is 6.22. The lowest BCUT2D eigenvalue weighted by molar-refractivity contribution is -0.131. The molecule has 0 atom stereocenters. The van der Waals surface area contributed by atoms with E-state index < -0.39 is 0 Å². The second kappa shape index (κ2) is 7.13. The molecule has 1 aromatic carbocycles. The first-order chi connectivity index (χ1) is 11.2. The van der Waals surface area contributed by atoms with E-state index in [0.29, 0.717) is 13.0 Å². The van der Waals surface area contributed by atoms with E-state index in [4.69, 9.17) is 4.74 Å².